The zero-order valence-corrected chi connectivity index (χ0v) is 12.1. The molecular formula is C15H16N4S. The Morgan fingerprint density at radius 1 is 1.30 bits per heavy atom. The largest absolute Gasteiger partial charge is 0.333 e. The van der Waals surface area contributed by atoms with Crippen LogP contribution < -0.4 is 5.73 Å². The second kappa shape index (κ2) is 5.64. The van der Waals surface area contributed by atoms with Crippen LogP contribution in [0.1, 0.15) is 11.1 Å². The molecule has 3 rings (SSSR count). The molecule has 0 unspecified atom stereocenters. The molecule has 0 amide bonds. The van der Waals surface area contributed by atoms with Crippen molar-refractivity contribution in [2.75, 3.05) is 6.54 Å². The molecule has 1 aromatic carbocycles. The lowest BCUT2D eigenvalue weighted by atomic mass is 10.2. The molecule has 0 radical (unpaired) electrons. The number of H-pyrrole nitrogens is 1. The van der Waals surface area contributed by atoms with Crippen LogP contribution in [-0.4, -0.2) is 21.5 Å². The van der Waals surface area contributed by atoms with Crippen LogP contribution in [0, 0.1) is 6.92 Å². The Balaban J connectivity index is 1.93. The first-order valence-corrected chi connectivity index (χ1v) is 7.36. The fraction of sp³-hybridized carbons (Fsp3) is 0.200. The van der Waals surface area contributed by atoms with E-state index in [0.717, 1.165) is 33.2 Å². The van der Waals surface area contributed by atoms with Crippen LogP contribution in [0.2, 0.25) is 0 Å². The molecule has 0 aliphatic heterocycles. The number of nitrogens with one attached hydrogen (secondary N) is 1. The van der Waals surface area contributed by atoms with Crippen molar-refractivity contribution in [2.24, 2.45) is 5.73 Å². The van der Waals surface area contributed by atoms with Gasteiger partial charge in [-0.05, 0) is 61.0 Å². The Hall–Kier alpha value is -1.85. The second-order valence-corrected chi connectivity index (χ2v) is 5.65. The summed E-state index contributed by atoms with van der Waals surface area (Å²) in [6, 6.07) is 10.2. The first-order valence-electron chi connectivity index (χ1n) is 6.54. The highest BCUT2D eigenvalue weighted by molar-refractivity contribution is 7.99. The maximum Gasteiger partial charge on any atom is 0.172 e. The topological polar surface area (TPSA) is 67.6 Å². The Kier molecular flexibility index (Phi) is 3.71. The lowest BCUT2D eigenvalue weighted by Gasteiger charge is -2.04. The van der Waals surface area contributed by atoms with Gasteiger partial charge in [-0.25, -0.2) is 9.97 Å². The SMILES string of the molecule is Cc1ccc2nc(Sc3ncccc3CCN)[nH]c2c1. The van der Waals surface area contributed by atoms with Gasteiger partial charge in [0.2, 0.25) is 0 Å². The molecule has 2 aromatic heterocycles. The van der Waals surface area contributed by atoms with Gasteiger partial charge in [0.25, 0.3) is 0 Å². The minimum Gasteiger partial charge on any atom is -0.333 e. The Bertz CT molecular complexity index is 736. The van der Waals surface area contributed by atoms with Gasteiger partial charge in [-0.15, -0.1) is 0 Å². The summed E-state index contributed by atoms with van der Waals surface area (Å²) < 4.78 is 0. The lowest BCUT2D eigenvalue weighted by molar-refractivity contribution is 0.908. The van der Waals surface area contributed by atoms with E-state index in [-0.39, 0.29) is 0 Å². The summed E-state index contributed by atoms with van der Waals surface area (Å²) in [5.74, 6) is 0. The van der Waals surface area contributed by atoms with Crippen LogP contribution in [-0.2, 0) is 6.42 Å². The van der Waals surface area contributed by atoms with Crippen LogP contribution in [0.5, 0.6) is 0 Å². The summed E-state index contributed by atoms with van der Waals surface area (Å²) in [5.41, 5.74) is 10.1. The van der Waals surface area contributed by atoms with Gasteiger partial charge in [-0.2, -0.15) is 0 Å². The van der Waals surface area contributed by atoms with Gasteiger partial charge in [-0.3, -0.25) is 0 Å². The third kappa shape index (κ3) is 2.69. The second-order valence-electron chi connectivity index (χ2n) is 4.67. The number of hydrogen-bond acceptors (Lipinski definition) is 4. The van der Waals surface area contributed by atoms with E-state index < -0.39 is 0 Å². The zero-order chi connectivity index (χ0) is 13.9. The summed E-state index contributed by atoms with van der Waals surface area (Å²) in [4.78, 5) is 12.3. The normalized spacial score (nSPS) is 11.1. The molecule has 2 heterocycles. The van der Waals surface area contributed by atoms with Crippen molar-refractivity contribution < 1.29 is 0 Å². The van der Waals surface area contributed by atoms with Crippen molar-refractivity contribution in [3.8, 4) is 0 Å². The summed E-state index contributed by atoms with van der Waals surface area (Å²) >= 11 is 1.55. The Labute approximate surface area is 121 Å². The standard InChI is InChI=1S/C15H16N4S/c1-10-4-5-12-13(9-10)19-15(18-12)20-14-11(6-7-16)3-2-8-17-14/h2-5,8-9H,6-7,16H2,1H3,(H,18,19). The van der Waals surface area contributed by atoms with Gasteiger partial charge in [0.1, 0.15) is 5.03 Å². The van der Waals surface area contributed by atoms with Crippen LogP contribution in [0.15, 0.2) is 46.7 Å². The number of hydrogen-bond donors (Lipinski definition) is 2. The molecule has 20 heavy (non-hydrogen) atoms. The fourth-order valence-corrected chi connectivity index (χ4v) is 3.00. The van der Waals surface area contributed by atoms with Crippen molar-refractivity contribution in [3.63, 3.8) is 0 Å². The first kappa shape index (κ1) is 13.1. The summed E-state index contributed by atoms with van der Waals surface area (Å²) in [7, 11) is 0. The quantitative estimate of drug-likeness (QED) is 0.773. The van der Waals surface area contributed by atoms with Gasteiger partial charge >= 0.3 is 0 Å². The third-order valence-electron chi connectivity index (χ3n) is 3.07. The number of aromatic amines is 1. The van der Waals surface area contributed by atoms with E-state index in [2.05, 4.69) is 40.1 Å². The van der Waals surface area contributed by atoms with Crippen molar-refractivity contribution in [1.29, 1.82) is 0 Å². The molecule has 0 spiro atoms. The minimum absolute atomic E-state index is 0.624. The maximum absolute atomic E-state index is 5.64. The molecule has 0 aliphatic carbocycles. The summed E-state index contributed by atoms with van der Waals surface area (Å²) in [6.45, 7) is 2.70. The van der Waals surface area contributed by atoms with E-state index >= 15 is 0 Å². The van der Waals surface area contributed by atoms with Gasteiger partial charge in [0.05, 0.1) is 11.0 Å². The predicted octanol–water partition coefficient (Wildman–Crippen LogP) is 2.92. The predicted molar refractivity (Wildman–Crippen MR) is 81.9 cm³/mol. The van der Waals surface area contributed by atoms with E-state index in [1.54, 1.807) is 18.0 Å². The summed E-state index contributed by atoms with van der Waals surface area (Å²) in [6.07, 6.45) is 2.63. The van der Waals surface area contributed by atoms with Gasteiger partial charge in [-0.1, -0.05) is 12.1 Å². The van der Waals surface area contributed by atoms with E-state index in [1.807, 2.05) is 12.1 Å². The Morgan fingerprint density at radius 3 is 3.05 bits per heavy atom. The van der Waals surface area contributed by atoms with Crippen molar-refractivity contribution >= 4 is 22.8 Å². The minimum atomic E-state index is 0.624. The average molecular weight is 284 g/mol. The molecule has 102 valence electrons. The number of fused-ring (bicyclic) bond motifs is 1. The lowest BCUT2D eigenvalue weighted by Crippen LogP contribution is -2.04. The van der Waals surface area contributed by atoms with Crippen molar-refractivity contribution in [2.45, 2.75) is 23.5 Å². The molecule has 5 heteroatoms. The number of aryl methyl sites for hydroxylation is 1. The van der Waals surface area contributed by atoms with Crippen LogP contribution in [0.25, 0.3) is 11.0 Å². The van der Waals surface area contributed by atoms with E-state index in [0.29, 0.717) is 6.54 Å². The van der Waals surface area contributed by atoms with Gasteiger partial charge in [0.15, 0.2) is 5.16 Å². The molecular weight excluding hydrogens is 268 g/mol. The molecule has 0 saturated heterocycles. The number of nitrogens with zero attached hydrogens (tertiary/aromatic N) is 2. The van der Waals surface area contributed by atoms with Gasteiger partial charge < -0.3 is 10.7 Å². The number of benzene rings is 1. The van der Waals surface area contributed by atoms with Gasteiger partial charge in [0, 0.05) is 6.20 Å². The number of nitrogens with two attached hydrogens (primary N) is 1. The molecule has 0 bridgehead atoms. The summed E-state index contributed by atoms with van der Waals surface area (Å²) in [5, 5.41) is 1.83. The van der Waals surface area contributed by atoms with E-state index in [1.165, 1.54) is 5.56 Å². The molecule has 0 atom stereocenters. The number of pyridine rings is 1. The first-order chi connectivity index (χ1) is 9.76. The number of rotatable bonds is 4. The highest BCUT2D eigenvalue weighted by atomic mass is 32.2. The number of aromatic nitrogens is 3. The van der Waals surface area contributed by atoms with E-state index in [4.69, 9.17) is 5.73 Å². The van der Waals surface area contributed by atoms with Crippen LogP contribution in [0.4, 0.5) is 0 Å². The molecule has 0 saturated carbocycles. The highest BCUT2D eigenvalue weighted by Gasteiger charge is 2.09. The number of imidazole rings is 1. The fourth-order valence-electron chi connectivity index (χ4n) is 2.10. The highest BCUT2D eigenvalue weighted by Crippen LogP contribution is 2.28. The van der Waals surface area contributed by atoms with Crippen LogP contribution >= 0.6 is 11.8 Å². The molecule has 0 fully saturated rings. The molecule has 0 aliphatic rings. The Morgan fingerprint density at radius 2 is 2.20 bits per heavy atom. The van der Waals surface area contributed by atoms with E-state index in [9.17, 15) is 0 Å². The van der Waals surface area contributed by atoms with Crippen molar-refractivity contribution in [3.05, 3.63) is 47.7 Å². The molecule has 3 aromatic rings. The smallest absolute Gasteiger partial charge is 0.172 e. The van der Waals surface area contributed by atoms with Crippen LogP contribution in [0.3, 0.4) is 0 Å². The average Bonchev–Trinajstić information content (AvgIpc) is 2.82. The maximum atomic E-state index is 5.64. The molecule has 4 nitrogen and oxygen atoms in total. The van der Waals surface area contributed by atoms with Crippen molar-refractivity contribution in [1.82, 2.24) is 15.0 Å². The monoisotopic (exact) mass is 284 g/mol. The zero-order valence-electron chi connectivity index (χ0n) is 11.3. The third-order valence-corrected chi connectivity index (χ3v) is 4.02. The molecule has 3 N–H and O–H groups in total.